The fourth-order valence-electron chi connectivity index (χ4n) is 4.11. The smallest absolute Gasteiger partial charge is 0.242 e. The summed E-state index contributed by atoms with van der Waals surface area (Å²) in [7, 11) is -2.04. The lowest BCUT2D eigenvalue weighted by molar-refractivity contribution is -0.141. The second kappa shape index (κ2) is 13.0. The molecule has 0 aromatic heterocycles. The highest BCUT2D eigenvalue weighted by Gasteiger charge is 2.30. The molecule has 0 aliphatic heterocycles. The number of nitrogens with one attached hydrogen (secondary N) is 1. The number of hydrogen-bond acceptors (Lipinski definition) is 4. The topological polar surface area (TPSA) is 86.8 Å². The maximum absolute atomic E-state index is 13.5. The Labute approximate surface area is 218 Å². The quantitative estimate of drug-likeness (QED) is 0.390. The van der Waals surface area contributed by atoms with Gasteiger partial charge in [-0.3, -0.25) is 13.9 Å². The molecular formula is C28H32FN3O4S. The SMILES string of the molecule is CNC(=O)[C@H](Cc1ccccc1)N(Cc1ccc(F)cc1)C(=O)CCCN(c1ccccc1)S(C)(=O)=O. The summed E-state index contributed by atoms with van der Waals surface area (Å²) in [5.41, 5.74) is 2.09. The number of benzene rings is 3. The zero-order chi connectivity index (χ0) is 26.8. The van der Waals surface area contributed by atoms with E-state index in [1.165, 1.54) is 28.4 Å². The first-order valence-corrected chi connectivity index (χ1v) is 13.9. The summed E-state index contributed by atoms with van der Waals surface area (Å²) in [6.07, 6.45) is 1.71. The molecular weight excluding hydrogens is 493 g/mol. The zero-order valence-electron chi connectivity index (χ0n) is 21.0. The van der Waals surface area contributed by atoms with Gasteiger partial charge in [0.15, 0.2) is 0 Å². The number of halogens is 1. The number of rotatable bonds is 12. The van der Waals surface area contributed by atoms with Crippen LogP contribution in [0.4, 0.5) is 10.1 Å². The summed E-state index contributed by atoms with van der Waals surface area (Å²) in [6.45, 7) is 0.223. The Morgan fingerprint density at radius 2 is 1.49 bits per heavy atom. The Kier molecular flexibility index (Phi) is 9.79. The molecule has 2 amide bonds. The standard InChI is InChI=1S/C28H32FN3O4S/c1-30-28(34)26(20-22-10-5-3-6-11-22)31(21-23-15-17-24(29)18-16-23)27(33)14-9-19-32(37(2,35)36)25-12-7-4-8-13-25/h3-8,10-13,15-18,26H,9,14,19-21H2,1-2H3,(H,30,34)/t26-/m0/s1. The predicted molar refractivity (Wildman–Crippen MR) is 143 cm³/mol. The van der Waals surface area contributed by atoms with Gasteiger partial charge in [-0.15, -0.1) is 0 Å². The van der Waals surface area contributed by atoms with E-state index >= 15 is 0 Å². The molecule has 0 aliphatic carbocycles. The van der Waals surface area contributed by atoms with Crippen LogP contribution in [0.15, 0.2) is 84.9 Å². The van der Waals surface area contributed by atoms with Crippen molar-refractivity contribution in [2.75, 3.05) is 24.2 Å². The Hall–Kier alpha value is -3.72. The van der Waals surface area contributed by atoms with Gasteiger partial charge in [-0.2, -0.15) is 0 Å². The maximum atomic E-state index is 13.5. The van der Waals surface area contributed by atoms with Crippen LogP contribution < -0.4 is 9.62 Å². The summed E-state index contributed by atoms with van der Waals surface area (Å²) < 4.78 is 39.6. The van der Waals surface area contributed by atoms with Gasteiger partial charge in [0.1, 0.15) is 11.9 Å². The molecule has 0 heterocycles. The van der Waals surface area contributed by atoms with E-state index in [-0.39, 0.29) is 37.7 Å². The summed E-state index contributed by atoms with van der Waals surface area (Å²) in [4.78, 5) is 28.0. The van der Waals surface area contributed by atoms with E-state index in [9.17, 15) is 22.4 Å². The van der Waals surface area contributed by atoms with Crippen molar-refractivity contribution in [3.63, 3.8) is 0 Å². The van der Waals surface area contributed by atoms with E-state index in [0.717, 1.165) is 11.8 Å². The Morgan fingerprint density at radius 3 is 2.05 bits per heavy atom. The predicted octanol–water partition coefficient (Wildman–Crippen LogP) is 3.76. The molecule has 0 radical (unpaired) electrons. The number of carbonyl (C=O) groups is 2. The Balaban J connectivity index is 1.83. The minimum Gasteiger partial charge on any atom is -0.357 e. The lowest BCUT2D eigenvalue weighted by atomic mass is 10.0. The van der Waals surface area contributed by atoms with Gasteiger partial charge in [-0.25, -0.2) is 12.8 Å². The molecule has 0 saturated carbocycles. The van der Waals surface area contributed by atoms with Crippen molar-refractivity contribution in [2.24, 2.45) is 0 Å². The fourth-order valence-corrected chi connectivity index (χ4v) is 5.07. The molecule has 0 bridgehead atoms. The highest BCUT2D eigenvalue weighted by Crippen LogP contribution is 2.20. The van der Waals surface area contributed by atoms with E-state index < -0.39 is 21.9 Å². The molecule has 3 aromatic rings. The van der Waals surface area contributed by atoms with Crippen LogP contribution in [0.5, 0.6) is 0 Å². The highest BCUT2D eigenvalue weighted by molar-refractivity contribution is 7.92. The number of amides is 2. The largest absolute Gasteiger partial charge is 0.357 e. The lowest BCUT2D eigenvalue weighted by Gasteiger charge is -2.31. The van der Waals surface area contributed by atoms with Gasteiger partial charge in [-0.1, -0.05) is 60.7 Å². The van der Waals surface area contributed by atoms with E-state index in [4.69, 9.17) is 0 Å². The molecule has 3 aromatic carbocycles. The van der Waals surface area contributed by atoms with Crippen molar-refractivity contribution >= 4 is 27.5 Å². The maximum Gasteiger partial charge on any atom is 0.242 e. The first-order valence-electron chi connectivity index (χ1n) is 12.0. The van der Waals surface area contributed by atoms with Crippen molar-refractivity contribution in [1.82, 2.24) is 10.2 Å². The third-order valence-electron chi connectivity index (χ3n) is 5.98. The van der Waals surface area contributed by atoms with Crippen LogP contribution in [0.2, 0.25) is 0 Å². The summed E-state index contributed by atoms with van der Waals surface area (Å²) in [5.74, 6) is -1.01. The van der Waals surface area contributed by atoms with Gasteiger partial charge >= 0.3 is 0 Å². The van der Waals surface area contributed by atoms with Gasteiger partial charge < -0.3 is 10.2 Å². The third-order valence-corrected chi connectivity index (χ3v) is 7.17. The zero-order valence-corrected chi connectivity index (χ0v) is 21.8. The van der Waals surface area contributed by atoms with E-state index in [1.54, 1.807) is 42.5 Å². The van der Waals surface area contributed by atoms with Gasteiger partial charge in [-0.05, 0) is 41.8 Å². The summed E-state index contributed by atoms with van der Waals surface area (Å²) in [6, 6.07) is 23.1. The molecule has 0 aliphatic rings. The number of para-hydroxylation sites is 1. The molecule has 37 heavy (non-hydrogen) atoms. The average Bonchev–Trinajstić information content (AvgIpc) is 2.89. The monoisotopic (exact) mass is 525 g/mol. The molecule has 3 rings (SSSR count). The minimum absolute atomic E-state index is 0.0301. The molecule has 196 valence electrons. The van der Waals surface area contributed by atoms with Crippen LogP contribution >= 0.6 is 0 Å². The fraction of sp³-hybridized carbons (Fsp3) is 0.286. The second-order valence-corrected chi connectivity index (χ2v) is 10.6. The number of nitrogens with zero attached hydrogens (tertiary/aromatic N) is 2. The molecule has 0 fully saturated rings. The normalized spacial score (nSPS) is 12.0. The molecule has 1 atom stereocenters. The average molecular weight is 526 g/mol. The Morgan fingerprint density at radius 1 is 0.892 bits per heavy atom. The summed E-state index contributed by atoms with van der Waals surface area (Å²) >= 11 is 0. The summed E-state index contributed by atoms with van der Waals surface area (Å²) in [5, 5.41) is 2.65. The number of anilines is 1. The van der Waals surface area contributed by atoms with Crippen molar-refractivity contribution in [3.05, 3.63) is 102 Å². The van der Waals surface area contributed by atoms with Crippen molar-refractivity contribution in [2.45, 2.75) is 31.8 Å². The second-order valence-electron chi connectivity index (χ2n) is 8.74. The molecule has 0 spiro atoms. The number of carbonyl (C=O) groups excluding carboxylic acids is 2. The van der Waals surface area contributed by atoms with Crippen LogP contribution in [0.3, 0.4) is 0 Å². The van der Waals surface area contributed by atoms with Crippen LogP contribution in [-0.2, 0) is 32.6 Å². The number of likely N-dealkylation sites (N-methyl/N-ethyl adjacent to an activating group) is 1. The molecule has 1 N–H and O–H groups in total. The van der Waals surface area contributed by atoms with Gasteiger partial charge in [0.2, 0.25) is 21.8 Å². The van der Waals surface area contributed by atoms with Crippen LogP contribution in [0.25, 0.3) is 0 Å². The van der Waals surface area contributed by atoms with Crippen LogP contribution in [0, 0.1) is 5.82 Å². The van der Waals surface area contributed by atoms with Gasteiger partial charge in [0.05, 0.1) is 11.9 Å². The van der Waals surface area contributed by atoms with Crippen LogP contribution in [0.1, 0.15) is 24.0 Å². The van der Waals surface area contributed by atoms with E-state index in [1.807, 2.05) is 30.3 Å². The third kappa shape index (κ3) is 8.15. The van der Waals surface area contributed by atoms with Gasteiger partial charge in [0.25, 0.3) is 0 Å². The first-order chi connectivity index (χ1) is 17.7. The van der Waals surface area contributed by atoms with Crippen molar-refractivity contribution in [3.8, 4) is 0 Å². The first kappa shape index (κ1) is 27.9. The Bertz CT molecular complexity index is 1270. The van der Waals surface area contributed by atoms with Crippen LogP contribution in [-0.4, -0.2) is 51.0 Å². The number of hydrogen-bond donors (Lipinski definition) is 1. The van der Waals surface area contributed by atoms with Gasteiger partial charge in [0, 0.05) is 33.0 Å². The molecule has 0 unspecified atom stereocenters. The number of sulfonamides is 1. The van der Waals surface area contributed by atoms with Crippen molar-refractivity contribution < 1.29 is 22.4 Å². The van der Waals surface area contributed by atoms with E-state index in [2.05, 4.69) is 5.32 Å². The lowest BCUT2D eigenvalue weighted by Crippen LogP contribution is -2.49. The molecule has 7 nitrogen and oxygen atoms in total. The van der Waals surface area contributed by atoms with Crippen molar-refractivity contribution in [1.29, 1.82) is 0 Å². The molecule has 9 heteroatoms. The molecule has 0 saturated heterocycles. The van der Waals surface area contributed by atoms with E-state index in [0.29, 0.717) is 17.7 Å². The minimum atomic E-state index is -3.55. The highest BCUT2D eigenvalue weighted by atomic mass is 32.2.